The SMILES string of the molecule is O=C(COC(=O)c1ccc(-c2ccc([N+](=O)[O-])cc2)o1)c1cc2ccccc2o1. The summed E-state index contributed by atoms with van der Waals surface area (Å²) in [7, 11) is 0. The van der Waals surface area contributed by atoms with Crippen LogP contribution in [-0.2, 0) is 4.74 Å². The van der Waals surface area contributed by atoms with Gasteiger partial charge in [0.15, 0.2) is 12.4 Å². The standard InChI is InChI=1S/C21H13NO7/c23-16(20-11-14-3-1-2-4-17(14)29-20)12-27-21(24)19-10-9-18(28-19)13-5-7-15(8-6-13)22(25)26/h1-11H,12H2. The third-order valence-electron chi connectivity index (χ3n) is 4.20. The number of carbonyl (C=O) groups excluding carboxylic acids is 2. The first kappa shape index (κ1) is 18.2. The Balaban J connectivity index is 1.41. The molecule has 8 heteroatoms. The number of carbonyl (C=O) groups is 2. The third-order valence-corrected chi connectivity index (χ3v) is 4.20. The zero-order valence-electron chi connectivity index (χ0n) is 14.9. The van der Waals surface area contributed by atoms with Crippen molar-refractivity contribution in [1.29, 1.82) is 0 Å². The van der Waals surface area contributed by atoms with E-state index < -0.39 is 23.3 Å². The van der Waals surface area contributed by atoms with Crippen molar-refractivity contribution in [2.75, 3.05) is 6.61 Å². The average molecular weight is 391 g/mol. The molecule has 0 radical (unpaired) electrons. The molecule has 2 aromatic carbocycles. The molecule has 0 aliphatic carbocycles. The summed E-state index contributed by atoms with van der Waals surface area (Å²) in [6.45, 7) is -0.494. The van der Waals surface area contributed by atoms with Gasteiger partial charge < -0.3 is 13.6 Å². The van der Waals surface area contributed by atoms with Crippen molar-refractivity contribution in [2.45, 2.75) is 0 Å². The Bertz CT molecular complexity index is 1180. The van der Waals surface area contributed by atoms with Crippen molar-refractivity contribution in [3.8, 4) is 11.3 Å². The summed E-state index contributed by atoms with van der Waals surface area (Å²) in [6.07, 6.45) is 0. The summed E-state index contributed by atoms with van der Waals surface area (Å²) in [6, 6.07) is 17.4. The highest BCUT2D eigenvalue weighted by Gasteiger charge is 2.18. The van der Waals surface area contributed by atoms with Gasteiger partial charge >= 0.3 is 5.97 Å². The van der Waals surface area contributed by atoms with Crippen LogP contribution < -0.4 is 0 Å². The van der Waals surface area contributed by atoms with Crippen LogP contribution in [0.25, 0.3) is 22.3 Å². The molecule has 0 aliphatic heterocycles. The number of nitro groups is 1. The number of non-ortho nitro benzene ring substituents is 1. The molecular weight excluding hydrogens is 378 g/mol. The van der Waals surface area contributed by atoms with Gasteiger partial charge in [0.1, 0.15) is 11.3 Å². The lowest BCUT2D eigenvalue weighted by atomic mass is 10.1. The predicted octanol–water partition coefficient (Wildman–Crippen LogP) is 4.64. The summed E-state index contributed by atoms with van der Waals surface area (Å²) >= 11 is 0. The zero-order chi connectivity index (χ0) is 20.4. The van der Waals surface area contributed by atoms with Gasteiger partial charge in [-0.25, -0.2) is 4.79 Å². The van der Waals surface area contributed by atoms with Crippen LogP contribution in [0.1, 0.15) is 21.1 Å². The van der Waals surface area contributed by atoms with Gasteiger partial charge in [-0.15, -0.1) is 0 Å². The minimum absolute atomic E-state index is 0.0518. The van der Waals surface area contributed by atoms with E-state index in [0.717, 1.165) is 5.39 Å². The number of nitrogens with zero attached hydrogens (tertiary/aromatic N) is 1. The number of esters is 1. The first-order valence-electron chi connectivity index (χ1n) is 8.55. The van der Waals surface area contributed by atoms with Gasteiger partial charge in [0, 0.05) is 23.1 Å². The van der Waals surface area contributed by atoms with Crippen molar-refractivity contribution in [1.82, 2.24) is 0 Å². The lowest BCUT2D eigenvalue weighted by Crippen LogP contribution is -2.13. The van der Waals surface area contributed by atoms with Crippen molar-refractivity contribution < 1.29 is 28.1 Å². The maximum atomic E-state index is 12.2. The fraction of sp³-hybridized carbons (Fsp3) is 0.0476. The summed E-state index contributed by atoms with van der Waals surface area (Å²) in [4.78, 5) is 34.6. The largest absolute Gasteiger partial charge is 0.453 e. The molecule has 0 atom stereocenters. The molecule has 0 bridgehead atoms. The zero-order valence-corrected chi connectivity index (χ0v) is 14.9. The van der Waals surface area contributed by atoms with Crippen LogP contribution in [0.5, 0.6) is 0 Å². The summed E-state index contributed by atoms with van der Waals surface area (Å²) < 4.78 is 15.9. The van der Waals surface area contributed by atoms with E-state index in [9.17, 15) is 19.7 Å². The number of nitro benzene ring substituents is 1. The Morgan fingerprint density at radius 3 is 2.41 bits per heavy atom. The second kappa shape index (κ2) is 7.43. The third kappa shape index (κ3) is 3.77. The lowest BCUT2D eigenvalue weighted by molar-refractivity contribution is -0.384. The first-order valence-corrected chi connectivity index (χ1v) is 8.55. The van der Waals surface area contributed by atoms with E-state index >= 15 is 0 Å². The number of ketones is 1. The van der Waals surface area contributed by atoms with E-state index in [1.807, 2.05) is 12.1 Å². The first-order chi connectivity index (χ1) is 14.0. The predicted molar refractivity (Wildman–Crippen MR) is 102 cm³/mol. The van der Waals surface area contributed by atoms with E-state index in [2.05, 4.69) is 0 Å². The number of ether oxygens (including phenoxy) is 1. The minimum atomic E-state index is -0.803. The molecule has 0 spiro atoms. The topological polar surface area (TPSA) is 113 Å². The molecule has 0 amide bonds. The van der Waals surface area contributed by atoms with Crippen molar-refractivity contribution >= 4 is 28.4 Å². The molecule has 2 aromatic heterocycles. The number of benzene rings is 2. The maximum Gasteiger partial charge on any atom is 0.374 e. The van der Waals surface area contributed by atoms with Gasteiger partial charge in [-0.1, -0.05) is 18.2 Å². The molecule has 8 nitrogen and oxygen atoms in total. The molecule has 4 rings (SSSR count). The molecule has 0 N–H and O–H groups in total. The quantitative estimate of drug-likeness (QED) is 0.204. The second-order valence-electron chi connectivity index (χ2n) is 6.12. The van der Waals surface area contributed by atoms with Crippen LogP contribution >= 0.6 is 0 Å². The van der Waals surface area contributed by atoms with Gasteiger partial charge in [0.2, 0.25) is 11.5 Å². The number of furan rings is 2. The van der Waals surface area contributed by atoms with Gasteiger partial charge in [-0.05, 0) is 36.4 Å². The number of hydrogen-bond acceptors (Lipinski definition) is 7. The van der Waals surface area contributed by atoms with Gasteiger partial charge in [-0.2, -0.15) is 0 Å². The number of Topliss-reactive ketones (excluding diaryl/α,β-unsaturated/α-hetero) is 1. The normalized spacial score (nSPS) is 10.8. The Hall–Kier alpha value is -4.20. The van der Waals surface area contributed by atoms with E-state index in [1.165, 1.54) is 30.3 Å². The van der Waals surface area contributed by atoms with Crippen LogP contribution in [0.4, 0.5) is 5.69 Å². The van der Waals surface area contributed by atoms with E-state index in [4.69, 9.17) is 13.6 Å². The molecule has 4 aromatic rings. The van der Waals surface area contributed by atoms with Crippen LogP contribution in [-0.4, -0.2) is 23.3 Å². The molecule has 0 saturated heterocycles. The van der Waals surface area contributed by atoms with Crippen molar-refractivity contribution in [3.63, 3.8) is 0 Å². The van der Waals surface area contributed by atoms with Crippen LogP contribution in [0.15, 0.2) is 75.6 Å². The molecule has 144 valence electrons. The Kier molecular flexibility index (Phi) is 4.66. The van der Waals surface area contributed by atoms with Crippen LogP contribution in [0.3, 0.4) is 0 Å². The van der Waals surface area contributed by atoms with E-state index in [-0.39, 0.29) is 17.2 Å². The van der Waals surface area contributed by atoms with Crippen LogP contribution in [0, 0.1) is 10.1 Å². The highest BCUT2D eigenvalue weighted by Crippen LogP contribution is 2.25. The van der Waals surface area contributed by atoms with E-state index in [0.29, 0.717) is 16.9 Å². The molecule has 0 unspecified atom stereocenters. The minimum Gasteiger partial charge on any atom is -0.453 e. The number of fused-ring (bicyclic) bond motifs is 1. The fourth-order valence-corrected chi connectivity index (χ4v) is 2.74. The fourth-order valence-electron chi connectivity index (χ4n) is 2.74. The monoisotopic (exact) mass is 391 g/mol. The second-order valence-corrected chi connectivity index (χ2v) is 6.12. The van der Waals surface area contributed by atoms with Crippen molar-refractivity contribution in [3.05, 3.63) is 88.4 Å². The summed E-state index contributed by atoms with van der Waals surface area (Å²) in [5, 5.41) is 11.5. The molecule has 0 fully saturated rings. The highest BCUT2D eigenvalue weighted by atomic mass is 16.6. The van der Waals surface area contributed by atoms with Crippen molar-refractivity contribution in [2.24, 2.45) is 0 Å². The summed E-state index contributed by atoms with van der Waals surface area (Å²) in [5.74, 6) is -0.921. The van der Waals surface area contributed by atoms with Gasteiger partial charge in [0.25, 0.3) is 5.69 Å². The number of rotatable bonds is 6. The van der Waals surface area contributed by atoms with Gasteiger partial charge in [-0.3, -0.25) is 14.9 Å². The lowest BCUT2D eigenvalue weighted by Gasteiger charge is -2.01. The molecule has 0 aliphatic rings. The molecule has 2 heterocycles. The average Bonchev–Trinajstić information content (AvgIpc) is 3.39. The Morgan fingerprint density at radius 1 is 0.931 bits per heavy atom. The Morgan fingerprint density at radius 2 is 1.69 bits per heavy atom. The van der Waals surface area contributed by atoms with Gasteiger partial charge in [0.05, 0.1) is 4.92 Å². The number of hydrogen-bond donors (Lipinski definition) is 0. The Labute approximate surface area is 163 Å². The smallest absolute Gasteiger partial charge is 0.374 e. The van der Waals surface area contributed by atoms with Crippen LogP contribution in [0.2, 0.25) is 0 Å². The molecule has 29 heavy (non-hydrogen) atoms. The maximum absolute atomic E-state index is 12.2. The molecular formula is C21H13NO7. The summed E-state index contributed by atoms with van der Waals surface area (Å²) in [5.41, 5.74) is 1.08. The van der Waals surface area contributed by atoms with E-state index in [1.54, 1.807) is 24.3 Å². The number of para-hydroxylation sites is 1. The highest BCUT2D eigenvalue weighted by molar-refractivity contribution is 5.99. The molecule has 0 saturated carbocycles.